The zero-order chi connectivity index (χ0) is 22.2. The first-order chi connectivity index (χ1) is 15.5. The van der Waals surface area contributed by atoms with E-state index in [1.165, 1.54) is 12.3 Å². The van der Waals surface area contributed by atoms with Crippen LogP contribution in [-0.2, 0) is 4.79 Å². The monoisotopic (exact) mass is 465 g/mol. The molecule has 0 aliphatic carbocycles. The highest BCUT2D eigenvalue weighted by Gasteiger charge is 2.22. The molecule has 1 saturated heterocycles. The molecule has 0 radical (unpaired) electrons. The Bertz CT molecular complexity index is 1420. The van der Waals surface area contributed by atoms with Gasteiger partial charge in [0.05, 0.1) is 21.2 Å². The molecule has 0 unspecified atom stereocenters. The fraction of sp³-hybridized carbons (Fsp3) is 0.208. The molecule has 8 heteroatoms. The highest BCUT2D eigenvalue weighted by molar-refractivity contribution is 7.22. The molecule has 32 heavy (non-hydrogen) atoms. The number of fused-ring (bicyclic) bond motifs is 2. The Morgan fingerprint density at radius 2 is 1.97 bits per heavy atom. The van der Waals surface area contributed by atoms with E-state index < -0.39 is 0 Å². The van der Waals surface area contributed by atoms with Crippen molar-refractivity contribution in [3.63, 3.8) is 0 Å². The van der Waals surface area contributed by atoms with Crippen LogP contribution < -0.4 is 10.3 Å². The molecule has 2 aromatic heterocycles. The summed E-state index contributed by atoms with van der Waals surface area (Å²) in [7, 11) is 0. The van der Waals surface area contributed by atoms with Gasteiger partial charge in [-0.25, -0.2) is 4.98 Å². The normalized spacial score (nSPS) is 14.7. The van der Waals surface area contributed by atoms with Gasteiger partial charge >= 0.3 is 0 Å². The first kappa shape index (κ1) is 20.7. The number of aromatic nitrogens is 1. The second-order valence-corrected chi connectivity index (χ2v) is 9.22. The fourth-order valence-electron chi connectivity index (χ4n) is 3.78. The smallest absolute Gasteiger partial charge is 0.246 e. The Hall–Kier alpha value is -3.16. The Labute approximate surface area is 193 Å². The number of aryl methyl sites for hydroxylation is 1. The number of carbonyl (C=O) groups excluding carboxylic acids is 1. The van der Waals surface area contributed by atoms with Crippen molar-refractivity contribution in [1.82, 2.24) is 9.88 Å². The van der Waals surface area contributed by atoms with Gasteiger partial charge in [-0.05, 0) is 43.3 Å². The predicted octanol–water partition coefficient (Wildman–Crippen LogP) is 4.73. The van der Waals surface area contributed by atoms with Gasteiger partial charge < -0.3 is 14.2 Å². The van der Waals surface area contributed by atoms with E-state index in [-0.39, 0.29) is 11.3 Å². The van der Waals surface area contributed by atoms with Crippen LogP contribution >= 0.6 is 22.9 Å². The Morgan fingerprint density at radius 3 is 2.78 bits per heavy atom. The number of amides is 1. The van der Waals surface area contributed by atoms with Crippen molar-refractivity contribution in [2.45, 2.75) is 6.92 Å². The Kier molecular flexibility index (Phi) is 5.45. The van der Waals surface area contributed by atoms with E-state index in [0.29, 0.717) is 47.7 Å². The minimum absolute atomic E-state index is 0.121. The number of piperazine rings is 1. The van der Waals surface area contributed by atoms with Crippen LogP contribution in [0.1, 0.15) is 11.1 Å². The number of rotatable bonds is 3. The zero-order valence-corrected chi connectivity index (χ0v) is 18.9. The third-order valence-electron chi connectivity index (χ3n) is 5.56. The van der Waals surface area contributed by atoms with Crippen molar-refractivity contribution in [2.75, 3.05) is 31.1 Å². The van der Waals surface area contributed by atoms with Crippen molar-refractivity contribution in [2.24, 2.45) is 0 Å². The standard InChI is InChI=1S/C24H20ClN3O3S/c1-15-2-6-20-18(12-15)23(30)16(14-31-20)3-7-22(29)27-8-10-28(11-9-27)24-26-19-5-4-17(25)13-21(19)32-24/h2-7,12-14H,8-11H2,1H3/b7-3+. The Balaban J connectivity index is 1.26. The van der Waals surface area contributed by atoms with Gasteiger partial charge in [0, 0.05) is 37.3 Å². The molecular formula is C24H20ClN3O3S. The Morgan fingerprint density at radius 1 is 1.16 bits per heavy atom. The van der Waals surface area contributed by atoms with Crippen LogP contribution in [0.3, 0.4) is 0 Å². The number of benzene rings is 2. The summed E-state index contributed by atoms with van der Waals surface area (Å²) in [5.41, 5.74) is 2.68. The largest absolute Gasteiger partial charge is 0.463 e. The molecule has 1 aliphatic rings. The predicted molar refractivity (Wildman–Crippen MR) is 130 cm³/mol. The maximum absolute atomic E-state index is 12.7. The lowest BCUT2D eigenvalue weighted by molar-refractivity contribution is -0.126. The van der Waals surface area contributed by atoms with E-state index in [0.717, 1.165) is 20.9 Å². The van der Waals surface area contributed by atoms with Crippen LogP contribution in [0.25, 0.3) is 27.3 Å². The van der Waals surface area contributed by atoms with E-state index in [2.05, 4.69) is 9.88 Å². The lowest BCUT2D eigenvalue weighted by atomic mass is 10.1. The second-order valence-electron chi connectivity index (χ2n) is 7.77. The van der Waals surface area contributed by atoms with Gasteiger partial charge in [0.2, 0.25) is 5.91 Å². The van der Waals surface area contributed by atoms with Gasteiger partial charge in [-0.2, -0.15) is 0 Å². The van der Waals surface area contributed by atoms with Crippen molar-refractivity contribution in [1.29, 1.82) is 0 Å². The zero-order valence-electron chi connectivity index (χ0n) is 17.4. The third kappa shape index (κ3) is 4.01. The van der Waals surface area contributed by atoms with Crippen LogP contribution in [0, 0.1) is 6.92 Å². The van der Waals surface area contributed by atoms with Gasteiger partial charge in [0.1, 0.15) is 11.8 Å². The van der Waals surface area contributed by atoms with Gasteiger partial charge in [-0.3, -0.25) is 9.59 Å². The minimum atomic E-state index is -0.139. The SMILES string of the molecule is Cc1ccc2occ(/C=C/C(=O)N3CCN(c4nc5ccc(Cl)cc5s4)CC3)c(=O)c2c1. The molecule has 0 spiro atoms. The number of carbonyl (C=O) groups is 1. The number of nitrogens with zero attached hydrogens (tertiary/aromatic N) is 3. The minimum Gasteiger partial charge on any atom is -0.463 e. The summed E-state index contributed by atoms with van der Waals surface area (Å²) in [4.78, 5) is 34.0. The summed E-state index contributed by atoms with van der Waals surface area (Å²) >= 11 is 7.68. The first-order valence-corrected chi connectivity index (χ1v) is 11.5. The van der Waals surface area contributed by atoms with Crippen LogP contribution in [-0.4, -0.2) is 42.0 Å². The molecule has 1 aliphatic heterocycles. The van der Waals surface area contributed by atoms with Crippen molar-refractivity contribution >= 4 is 61.2 Å². The van der Waals surface area contributed by atoms with Crippen molar-refractivity contribution < 1.29 is 9.21 Å². The van der Waals surface area contributed by atoms with Gasteiger partial charge in [-0.15, -0.1) is 0 Å². The van der Waals surface area contributed by atoms with Crippen LogP contribution in [0.2, 0.25) is 5.02 Å². The average molecular weight is 466 g/mol. The van der Waals surface area contributed by atoms with Gasteiger partial charge in [-0.1, -0.05) is 34.6 Å². The second kappa shape index (κ2) is 8.41. The lowest BCUT2D eigenvalue weighted by Crippen LogP contribution is -2.48. The number of hydrogen-bond donors (Lipinski definition) is 0. The molecule has 1 amide bonds. The number of thiazole rings is 1. The topological polar surface area (TPSA) is 66.7 Å². The molecule has 5 rings (SSSR count). The van der Waals surface area contributed by atoms with E-state index in [1.54, 1.807) is 34.4 Å². The number of hydrogen-bond acceptors (Lipinski definition) is 6. The molecule has 0 bridgehead atoms. The van der Waals surface area contributed by atoms with Crippen molar-refractivity contribution in [3.8, 4) is 0 Å². The summed E-state index contributed by atoms with van der Waals surface area (Å²) < 4.78 is 6.61. The average Bonchev–Trinajstić information content (AvgIpc) is 3.22. The molecule has 1 fully saturated rings. The number of halogens is 1. The van der Waals surface area contributed by atoms with E-state index in [1.807, 2.05) is 31.2 Å². The van der Waals surface area contributed by atoms with Gasteiger partial charge in [0.25, 0.3) is 0 Å². The highest BCUT2D eigenvalue weighted by atomic mass is 35.5. The molecule has 0 atom stereocenters. The molecule has 3 heterocycles. The number of anilines is 1. The highest BCUT2D eigenvalue weighted by Crippen LogP contribution is 2.31. The molecule has 4 aromatic rings. The van der Waals surface area contributed by atoms with Crippen LogP contribution in [0.5, 0.6) is 0 Å². The van der Waals surface area contributed by atoms with Crippen LogP contribution in [0.15, 0.2) is 57.9 Å². The first-order valence-electron chi connectivity index (χ1n) is 10.3. The third-order valence-corrected chi connectivity index (χ3v) is 6.88. The fourth-order valence-corrected chi connectivity index (χ4v) is 5.07. The van der Waals surface area contributed by atoms with E-state index >= 15 is 0 Å². The summed E-state index contributed by atoms with van der Waals surface area (Å²) in [6, 6.07) is 11.2. The van der Waals surface area contributed by atoms with Crippen LogP contribution in [0.4, 0.5) is 5.13 Å². The lowest BCUT2D eigenvalue weighted by Gasteiger charge is -2.34. The summed E-state index contributed by atoms with van der Waals surface area (Å²) in [5.74, 6) is -0.121. The van der Waals surface area contributed by atoms with E-state index in [9.17, 15) is 9.59 Å². The van der Waals surface area contributed by atoms with Crippen molar-refractivity contribution in [3.05, 3.63) is 75.1 Å². The molecule has 0 N–H and O–H groups in total. The summed E-state index contributed by atoms with van der Waals surface area (Å²) in [5, 5.41) is 2.16. The maximum atomic E-state index is 12.7. The molecular weight excluding hydrogens is 446 g/mol. The molecule has 162 valence electrons. The van der Waals surface area contributed by atoms with E-state index in [4.69, 9.17) is 16.0 Å². The molecule has 6 nitrogen and oxygen atoms in total. The summed E-state index contributed by atoms with van der Waals surface area (Å²) in [6.45, 7) is 4.50. The quantitative estimate of drug-likeness (QED) is 0.409. The maximum Gasteiger partial charge on any atom is 0.246 e. The molecule has 0 saturated carbocycles. The summed E-state index contributed by atoms with van der Waals surface area (Å²) in [6.07, 6.45) is 4.39. The molecule has 2 aromatic carbocycles. The van der Waals surface area contributed by atoms with Gasteiger partial charge in [0.15, 0.2) is 10.6 Å².